The highest BCUT2D eigenvalue weighted by Gasteiger charge is 2.39. The van der Waals surface area contributed by atoms with Crippen LogP contribution in [-0.2, 0) is 12.4 Å². The normalized spacial score (nSPS) is 12.1. The van der Waals surface area contributed by atoms with Crippen LogP contribution in [0, 0.1) is 6.92 Å². The summed E-state index contributed by atoms with van der Waals surface area (Å²) in [4.78, 5) is 14.4. The molecular formula is C48H30F6N4. The number of hydrogen-bond donors (Lipinski definition) is 0. The van der Waals surface area contributed by atoms with Gasteiger partial charge in [-0.3, -0.25) is 0 Å². The predicted molar refractivity (Wildman–Crippen MR) is 216 cm³/mol. The van der Waals surface area contributed by atoms with Crippen molar-refractivity contribution < 1.29 is 26.3 Å². The number of hydrogen-bond acceptors (Lipinski definition) is 3. The van der Waals surface area contributed by atoms with Crippen molar-refractivity contribution in [2.45, 2.75) is 19.3 Å². The van der Waals surface area contributed by atoms with E-state index in [0.29, 0.717) is 22.9 Å². The number of alkyl halides is 6. The monoisotopic (exact) mass is 776 g/mol. The van der Waals surface area contributed by atoms with E-state index in [-0.39, 0.29) is 34.7 Å². The average molecular weight is 777 g/mol. The fourth-order valence-corrected chi connectivity index (χ4v) is 7.53. The molecule has 0 spiro atoms. The first-order valence-corrected chi connectivity index (χ1v) is 18.3. The Bertz CT molecular complexity index is 2930. The van der Waals surface area contributed by atoms with Gasteiger partial charge in [0.1, 0.15) is 0 Å². The van der Waals surface area contributed by atoms with Gasteiger partial charge >= 0.3 is 12.4 Å². The van der Waals surface area contributed by atoms with Crippen molar-refractivity contribution in [2.75, 3.05) is 0 Å². The smallest absolute Gasteiger partial charge is 0.309 e. The minimum absolute atomic E-state index is 0.00312. The minimum Gasteiger partial charge on any atom is -0.309 e. The highest BCUT2D eigenvalue weighted by molar-refractivity contribution is 6.10. The average Bonchev–Trinajstić information content (AvgIpc) is 3.57. The molecule has 0 bridgehead atoms. The summed E-state index contributed by atoms with van der Waals surface area (Å²) in [7, 11) is 0. The molecule has 0 amide bonds. The van der Waals surface area contributed by atoms with Gasteiger partial charge < -0.3 is 4.57 Å². The van der Waals surface area contributed by atoms with Crippen molar-refractivity contribution in [3.63, 3.8) is 0 Å². The molecule has 0 aliphatic heterocycles. The Hall–Kier alpha value is -7.07. The molecular weight excluding hydrogens is 747 g/mol. The van der Waals surface area contributed by atoms with Crippen LogP contribution in [0.3, 0.4) is 0 Å². The van der Waals surface area contributed by atoms with E-state index in [2.05, 4.69) is 25.1 Å². The summed E-state index contributed by atoms with van der Waals surface area (Å²) in [5.41, 5.74) is 3.65. The SMILES string of the molecule is Cc1ccccc1-c1ccc2c(c1)c1ccccc1n2-c1ccc(-c2ccc(C(F)(F)F)cc2C(F)(F)F)c(-c2nc(-c3ccccc3)nc(-c3ccccc3)n2)c1. The molecule has 58 heavy (non-hydrogen) atoms. The van der Waals surface area contributed by atoms with Crippen LogP contribution >= 0.6 is 0 Å². The molecule has 0 aliphatic carbocycles. The molecule has 0 atom stereocenters. The van der Waals surface area contributed by atoms with Gasteiger partial charge in [-0.15, -0.1) is 0 Å². The molecule has 9 rings (SSSR count). The molecule has 0 fully saturated rings. The first-order chi connectivity index (χ1) is 27.9. The lowest BCUT2D eigenvalue weighted by Gasteiger charge is -2.19. The quantitative estimate of drug-likeness (QED) is 0.158. The number of fused-ring (bicyclic) bond motifs is 3. The molecule has 2 heterocycles. The van der Waals surface area contributed by atoms with Crippen molar-refractivity contribution in [3.05, 3.63) is 180 Å². The lowest BCUT2D eigenvalue weighted by atomic mass is 9.92. The maximum Gasteiger partial charge on any atom is 0.417 e. The van der Waals surface area contributed by atoms with Gasteiger partial charge in [-0.1, -0.05) is 121 Å². The Kier molecular flexibility index (Phi) is 8.92. The molecule has 0 N–H and O–H groups in total. The van der Waals surface area contributed by atoms with E-state index < -0.39 is 29.0 Å². The van der Waals surface area contributed by atoms with Crippen LogP contribution in [0.1, 0.15) is 16.7 Å². The molecule has 0 saturated heterocycles. The van der Waals surface area contributed by atoms with Crippen LogP contribution in [0.25, 0.3) is 83.9 Å². The number of halogens is 6. The second-order valence-electron chi connectivity index (χ2n) is 13.9. The van der Waals surface area contributed by atoms with Gasteiger partial charge in [0.2, 0.25) is 0 Å². The Morgan fingerprint density at radius 1 is 0.414 bits per heavy atom. The molecule has 0 aliphatic rings. The third-order valence-corrected chi connectivity index (χ3v) is 10.3. The molecule has 0 saturated carbocycles. The maximum absolute atomic E-state index is 14.8. The fourth-order valence-electron chi connectivity index (χ4n) is 7.53. The van der Waals surface area contributed by atoms with E-state index in [1.807, 2.05) is 114 Å². The molecule has 0 radical (unpaired) electrons. The highest BCUT2D eigenvalue weighted by atomic mass is 19.4. The summed E-state index contributed by atoms with van der Waals surface area (Å²) in [5.74, 6) is 0.579. The molecule has 0 unspecified atom stereocenters. The van der Waals surface area contributed by atoms with E-state index in [0.717, 1.165) is 44.6 Å². The summed E-state index contributed by atoms with van der Waals surface area (Å²) < 4.78 is 88.1. The van der Waals surface area contributed by atoms with Crippen LogP contribution in [0.4, 0.5) is 26.3 Å². The van der Waals surface area contributed by atoms with Gasteiger partial charge in [-0.2, -0.15) is 26.3 Å². The van der Waals surface area contributed by atoms with Gasteiger partial charge in [0.05, 0.1) is 22.2 Å². The van der Waals surface area contributed by atoms with Crippen LogP contribution in [0.15, 0.2) is 164 Å². The second-order valence-corrected chi connectivity index (χ2v) is 13.9. The maximum atomic E-state index is 14.8. The largest absolute Gasteiger partial charge is 0.417 e. The fraction of sp³-hybridized carbons (Fsp3) is 0.0625. The highest BCUT2D eigenvalue weighted by Crippen LogP contribution is 2.45. The van der Waals surface area contributed by atoms with Gasteiger partial charge in [-0.25, -0.2) is 15.0 Å². The lowest BCUT2D eigenvalue weighted by molar-refractivity contribution is -0.142. The zero-order valence-electron chi connectivity index (χ0n) is 30.6. The van der Waals surface area contributed by atoms with Gasteiger partial charge in [0, 0.05) is 33.2 Å². The van der Waals surface area contributed by atoms with Gasteiger partial charge in [0.15, 0.2) is 17.5 Å². The topological polar surface area (TPSA) is 43.6 Å². The van der Waals surface area contributed by atoms with Gasteiger partial charge in [-0.05, 0) is 77.2 Å². The molecule has 284 valence electrons. The Morgan fingerprint density at radius 3 is 1.66 bits per heavy atom. The van der Waals surface area contributed by atoms with Crippen LogP contribution in [0.5, 0.6) is 0 Å². The van der Waals surface area contributed by atoms with E-state index in [9.17, 15) is 26.3 Å². The first kappa shape index (κ1) is 36.6. The number of benzene rings is 7. The number of aromatic nitrogens is 4. The zero-order chi connectivity index (χ0) is 40.2. The van der Waals surface area contributed by atoms with E-state index in [1.54, 1.807) is 12.1 Å². The van der Waals surface area contributed by atoms with E-state index >= 15 is 0 Å². The molecule has 9 aromatic rings. The number of rotatable bonds is 6. The zero-order valence-corrected chi connectivity index (χ0v) is 30.6. The van der Waals surface area contributed by atoms with Crippen molar-refractivity contribution in [3.8, 4) is 62.1 Å². The standard InChI is InChI=1S/C48H30F6N4/c1-29-12-8-9-17-35(29)32-20-25-43-39(26-32)38-18-10-11-19-42(38)58(43)34-22-24-36(37-23-21-33(47(49,50)51)27-41(37)48(52,53)54)40(28-34)46-56-44(30-13-4-2-5-14-30)55-45(57-46)31-15-6-3-7-16-31/h2-28H,1H3. The summed E-state index contributed by atoms with van der Waals surface area (Å²) in [6.45, 7) is 2.06. The molecule has 7 aromatic carbocycles. The van der Waals surface area contributed by atoms with Crippen molar-refractivity contribution in [2.24, 2.45) is 0 Å². The van der Waals surface area contributed by atoms with Gasteiger partial charge in [0.25, 0.3) is 0 Å². The third kappa shape index (κ3) is 6.66. The number of para-hydroxylation sites is 1. The van der Waals surface area contributed by atoms with Crippen LogP contribution < -0.4 is 0 Å². The second kappa shape index (κ2) is 14.1. The number of nitrogens with zero attached hydrogens (tertiary/aromatic N) is 4. The summed E-state index contributed by atoms with van der Waals surface area (Å²) in [6, 6.07) is 46.9. The summed E-state index contributed by atoms with van der Waals surface area (Å²) in [6.07, 6.45) is -10.1. The summed E-state index contributed by atoms with van der Waals surface area (Å²) in [5, 5.41) is 1.92. The van der Waals surface area contributed by atoms with Crippen molar-refractivity contribution in [1.29, 1.82) is 0 Å². The van der Waals surface area contributed by atoms with Crippen LogP contribution in [0.2, 0.25) is 0 Å². The Balaban J connectivity index is 1.34. The minimum atomic E-state index is -5.13. The van der Waals surface area contributed by atoms with Crippen molar-refractivity contribution in [1.82, 2.24) is 19.5 Å². The molecule has 4 nitrogen and oxygen atoms in total. The first-order valence-electron chi connectivity index (χ1n) is 18.3. The van der Waals surface area contributed by atoms with E-state index in [1.165, 1.54) is 6.07 Å². The van der Waals surface area contributed by atoms with Crippen LogP contribution in [-0.4, -0.2) is 19.5 Å². The molecule has 2 aromatic heterocycles. The Labute approximate surface area is 328 Å². The third-order valence-electron chi connectivity index (χ3n) is 10.3. The number of aryl methyl sites for hydroxylation is 1. The summed E-state index contributed by atoms with van der Waals surface area (Å²) >= 11 is 0. The predicted octanol–water partition coefficient (Wildman–Crippen LogP) is 13.6. The lowest BCUT2D eigenvalue weighted by Crippen LogP contribution is -2.12. The Morgan fingerprint density at radius 2 is 1.00 bits per heavy atom. The van der Waals surface area contributed by atoms with E-state index in [4.69, 9.17) is 15.0 Å². The molecule has 10 heteroatoms. The van der Waals surface area contributed by atoms with Crippen molar-refractivity contribution >= 4 is 21.8 Å².